The number of pyridine rings is 1. The fraction of sp³-hybridized carbons (Fsp3) is 0.364. The number of hydrogen-bond donors (Lipinski definition) is 3. The number of fused-ring (bicyclic) bond motifs is 1. The van der Waals surface area contributed by atoms with Crippen molar-refractivity contribution in [1.29, 1.82) is 5.41 Å². The van der Waals surface area contributed by atoms with Crippen molar-refractivity contribution in [3.8, 4) is 5.88 Å². The van der Waals surface area contributed by atoms with E-state index < -0.39 is 56.7 Å². The van der Waals surface area contributed by atoms with Crippen LogP contribution in [0, 0.1) is 11.2 Å². The van der Waals surface area contributed by atoms with E-state index >= 15 is 0 Å². The fourth-order valence-corrected chi connectivity index (χ4v) is 6.55. The van der Waals surface area contributed by atoms with Gasteiger partial charge in [-0.1, -0.05) is 6.92 Å². The molecule has 1 aliphatic rings. The normalized spacial score (nSPS) is 17.4. The molecule has 3 aromatic rings. The number of rotatable bonds is 8. The van der Waals surface area contributed by atoms with E-state index in [9.17, 15) is 21.6 Å². The number of amidine groups is 1. The first kappa shape index (κ1) is 24.6. The minimum absolute atomic E-state index is 0.0522. The van der Waals surface area contributed by atoms with E-state index in [1.54, 1.807) is 6.07 Å². The van der Waals surface area contributed by atoms with Gasteiger partial charge in [-0.3, -0.25) is 5.41 Å². The second-order valence-electron chi connectivity index (χ2n) is 8.60. The first-order valence-electron chi connectivity index (χ1n) is 10.5. The summed E-state index contributed by atoms with van der Waals surface area (Å²) >= 11 is 0. The topological polar surface area (TPSA) is 144 Å². The molecule has 0 spiro atoms. The molecule has 0 radical (unpaired) electrons. The van der Waals surface area contributed by atoms with Gasteiger partial charge in [-0.05, 0) is 35.7 Å². The molecule has 13 heteroatoms. The number of nitrogens with one attached hydrogen (secondary N) is 2. The number of halogens is 3. The van der Waals surface area contributed by atoms with Crippen molar-refractivity contribution in [1.82, 2.24) is 15.0 Å². The summed E-state index contributed by atoms with van der Waals surface area (Å²) in [6, 6.07) is 5.68. The van der Waals surface area contributed by atoms with Gasteiger partial charge < -0.3 is 15.8 Å². The summed E-state index contributed by atoms with van der Waals surface area (Å²) in [7, 11) is -2.82. The zero-order valence-electron chi connectivity index (χ0n) is 18.8. The van der Waals surface area contributed by atoms with Gasteiger partial charge >= 0.3 is 0 Å². The van der Waals surface area contributed by atoms with Crippen LogP contribution in [-0.4, -0.2) is 52.7 Å². The summed E-state index contributed by atoms with van der Waals surface area (Å²) in [6.45, 7) is 1.47. The lowest BCUT2D eigenvalue weighted by atomic mass is 9.79. The third-order valence-electron chi connectivity index (χ3n) is 6.08. The second-order valence-corrected chi connectivity index (χ2v) is 10.9. The number of alkyl halides is 2. The van der Waals surface area contributed by atoms with Crippen LogP contribution in [0.15, 0.2) is 36.7 Å². The summed E-state index contributed by atoms with van der Waals surface area (Å²) in [4.78, 5) is 12.8. The number of aromatic nitrogens is 3. The number of hydrogen-bond acceptors (Lipinski definition) is 8. The largest absolute Gasteiger partial charge is 0.480 e. The quantitative estimate of drug-likeness (QED) is 0.310. The van der Waals surface area contributed by atoms with Crippen molar-refractivity contribution >= 4 is 38.2 Å². The van der Waals surface area contributed by atoms with E-state index in [0.29, 0.717) is 28.4 Å². The number of sulfone groups is 1. The molecule has 1 aliphatic carbocycles. The predicted octanol–water partition coefficient (Wildman–Crippen LogP) is 3.54. The van der Waals surface area contributed by atoms with E-state index in [1.165, 1.54) is 44.6 Å². The summed E-state index contributed by atoms with van der Waals surface area (Å²) in [5.74, 6) is -5.60. The predicted molar refractivity (Wildman–Crippen MR) is 125 cm³/mol. The molecule has 1 aromatic carbocycles. The molecular weight excluding hydrogens is 485 g/mol. The Bertz CT molecular complexity index is 1410. The zero-order chi connectivity index (χ0) is 25.6. The van der Waals surface area contributed by atoms with Crippen LogP contribution in [0.2, 0.25) is 0 Å². The van der Waals surface area contributed by atoms with Gasteiger partial charge in [-0.25, -0.2) is 36.5 Å². The van der Waals surface area contributed by atoms with E-state index in [-0.39, 0.29) is 5.56 Å². The number of methoxy groups -OCH3 is 1. The molecule has 35 heavy (non-hydrogen) atoms. The van der Waals surface area contributed by atoms with E-state index in [1.807, 2.05) is 0 Å². The van der Waals surface area contributed by atoms with Gasteiger partial charge in [-0.2, -0.15) is 0 Å². The average molecular weight is 509 g/mol. The average Bonchev–Trinajstić information content (AvgIpc) is 2.77. The third kappa shape index (κ3) is 4.47. The Hall–Kier alpha value is -3.48. The molecule has 1 unspecified atom stereocenters. The van der Waals surface area contributed by atoms with E-state index in [2.05, 4.69) is 20.3 Å². The molecule has 4 rings (SSSR count). The summed E-state index contributed by atoms with van der Waals surface area (Å²) in [6.07, 6.45) is 0.834. The van der Waals surface area contributed by atoms with Gasteiger partial charge in [0, 0.05) is 24.7 Å². The van der Waals surface area contributed by atoms with Crippen molar-refractivity contribution in [3.05, 3.63) is 48.0 Å². The Labute approximate surface area is 199 Å². The van der Waals surface area contributed by atoms with Crippen molar-refractivity contribution < 1.29 is 26.3 Å². The molecule has 2 aromatic heterocycles. The zero-order valence-corrected chi connectivity index (χ0v) is 19.7. The molecule has 0 bridgehead atoms. The SMILES string of the molecule is COc1cnc2c(Nc3ccc(F)c(C(C)CS(=O)(=O)C4(C(=N)N)CC(F)(F)C4)c3)nccc2n1. The summed E-state index contributed by atoms with van der Waals surface area (Å²) in [5.41, 5.74) is 6.82. The molecule has 0 aliphatic heterocycles. The van der Waals surface area contributed by atoms with Crippen LogP contribution in [0.4, 0.5) is 24.7 Å². The van der Waals surface area contributed by atoms with Crippen LogP contribution < -0.4 is 15.8 Å². The lowest BCUT2D eigenvalue weighted by Gasteiger charge is -2.45. The Morgan fingerprint density at radius 1 is 1.29 bits per heavy atom. The number of benzene rings is 1. The molecule has 4 N–H and O–H groups in total. The van der Waals surface area contributed by atoms with Gasteiger partial charge in [-0.15, -0.1) is 0 Å². The third-order valence-corrected chi connectivity index (χ3v) is 8.72. The van der Waals surface area contributed by atoms with Gasteiger partial charge in [0.1, 0.15) is 21.9 Å². The molecule has 0 amide bonds. The maximum atomic E-state index is 14.7. The molecule has 1 atom stereocenters. The molecular formula is C22H23F3N6O3S. The van der Waals surface area contributed by atoms with Crippen LogP contribution in [0.1, 0.15) is 31.2 Å². The number of ether oxygens (including phenoxy) is 1. The number of anilines is 2. The smallest absolute Gasteiger partial charge is 0.252 e. The van der Waals surface area contributed by atoms with Crippen LogP contribution in [0.25, 0.3) is 11.0 Å². The fourth-order valence-electron chi connectivity index (χ4n) is 4.19. The Morgan fingerprint density at radius 2 is 2.00 bits per heavy atom. The van der Waals surface area contributed by atoms with Crippen LogP contribution in [0.5, 0.6) is 5.88 Å². The molecule has 0 saturated heterocycles. The minimum atomic E-state index is -4.29. The lowest BCUT2D eigenvalue weighted by Crippen LogP contribution is -2.64. The Morgan fingerprint density at radius 3 is 2.63 bits per heavy atom. The van der Waals surface area contributed by atoms with Crippen molar-refractivity contribution in [2.75, 3.05) is 18.2 Å². The van der Waals surface area contributed by atoms with Crippen molar-refractivity contribution in [2.45, 2.75) is 36.4 Å². The Kier molecular flexibility index (Phi) is 6.07. The monoisotopic (exact) mass is 508 g/mol. The van der Waals surface area contributed by atoms with Gasteiger partial charge in [0.05, 0.1) is 24.6 Å². The molecule has 186 valence electrons. The standard InChI is InChI=1S/C22H23F3N6O3S/c1-12(9-35(32,33)21(20(26)27)10-22(24,25)11-21)14-7-13(3-4-15(14)23)30-19-18-16(5-6-28-19)31-17(34-2)8-29-18/h3-8,12H,9-11H2,1-2H3,(H3,26,27)(H,28,30). The van der Waals surface area contributed by atoms with Gasteiger partial charge in [0.2, 0.25) is 5.88 Å². The molecule has 2 heterocycles. The highest BCUT2D eigenvalue weighted by Gasteiger charge is 2.65. The summed E-state index contributed by atoms with van der Waals surface area (Å²) < 4.78 is 70.7. The minimum Gasteiger partial charge on any atom is -0.480 e. The van der Waals surface area contributed by atoms with E-state index in [4.69, 9.17) is 15.9 Å². The number of nitrogens with two attached hydrogens (primary N) is 1. The first-order chi connectivity index (χ1) is 16.4. The van der Waals surface area contributed by atoms with E-state index in [0.717, 1.165) is 0 Å². The van der Waals surface area contributed by atoms with Gasteiger partial charge in [0.25, 0.3) is 5.92 Å². The maximum Gasteiger partial charge on any atom is 0.252 e. The molecule has 1 saturated carbocycles. The van der Waals surface area contributed by atoms with Gasteiger partial charge in [0.15, 0.2) is 15.7 Å². The first-order valence-corrected chi connectivity index (χ1v) is 12.2. The number of nitrogens with zero attached hydrogens (tertiary/aromatic N) is 3. The van der Waals surface area contributed by atoms with Crippen LogP contribution in [-0.2, 0) is 9.84 Å². The lowest BCUT2D eigenvalue weighted by molar-refractivity contribution is -0.0823. The van der Waals surface area contributed by atoms with Crippen molar-refractivity contribution in [2.24, 2.45) is 5.73 Å². The second kappa shape index (κ2) is 8.63. The molecule has 9 nitrogen and oxygen atoms in total. The van der Waals surface area contributed by atoms with Crippen molar-refractivity contribution in [3.63, 3.8) is 0 Å². The highest BCUT2D eigenvalue weighted by molar-refractivity contribution is 7.93. The summed E-state index contributed by atoms with van der Waals surface area (Å²) in [5, 5.41) is 10.7. The highest BCUT2D eigenvalue weighted by Crippen LogP contribution is 2.51. The van der Waals surface area contributed by atoms with Crippen LogP contribution >= 0.6 is 0 Å². The maximum absolute atomic E-state index is 14.7. The molecule has 1 fully saturated rings. The van der Waals surface area contributed by atoms with Crippen LogP contribution in [0.3, 0.4) is 0 Å². The highest BCUT2D eigenvalue weighted by atomic mass is 32.2. The Balaban J connectivity index is 1.60.